The molecule has 23 heteroatoms. The van der Waals surface area contributed by atoms with E-state index < -0.39 is 101 Å². The fourth-order valence-electron chi connectivity index (χ4n) is 7.82. The van der Waals surface area contributed by atoms with Crippen molar-refractivity contribution < 1.29 is 43.5 Å². The van der Waals surface area contributed by atoms with Crippen molar-refractivity contribution in [2.24, 2.45) is 39.9 Å². The number of imidazole rings is 1. The first kappa shape index (κ1) is 56.5. The van der Waals surface area contributed by atoms with Crippen LogP contribution in [-0.2, 0) is 51.2 Å². The molecule has 1 aliphatic heterocycles. The highest BCUT2D eigenvalue weighted by Gasteiger charge is 2.41. The van der Waals surface area contributed by atoms with Gasteiger partial charge in [0.1, 0.15) is 48.0 Å². The molecule has 23 nitrogen and oxygen atoms in total. The van der Waals surface area contributed by atoms with E-state index in [1.54, 1.807) is 46.9 Å². The molecule has 0 radical (unpaired) electrons. The Balaban J connectivity index is 1.92. The van der Waals surface area contributed by atoms with Gasteiger partial charge in [-0.2, -0.15) is 0 Å². The maximum atomic E-state index is 14.5. The van der Waals surface area contributed by atoms with Crippen LogP contribution in [-0.4, -0.2) is 142 Å². The zero-order valence-electron chi connectivity index (χ0n) is 40.8. The molecule has 0 unspecified atom stereocenters. The van der Waals surface area contributed by atoms with Crippen LogP contribution in [0.2, 0.25) is 0 Å². The number of primary amides is 1. The van der Waals surface area contributed by atoms with Crippen LogP contribution in [0.25, 0.3) is 0 Å². The molecule has 9 atom stereocenters. The van der Waals surface area contributed by atoms with Gasteiger partial charge in [0, 0.05) is 37.8 Å². The number of aromatic hydroxyl groups is 1. The number of aromatic amines is 1. The lowest BCUT2D eigenvalue weighted by atomic mass is 9.96. The summed E-state index contributed by atoms with van der Waals surface area (Å²) >= 11 is 0. The van der Waals surface area contributed by atoms with Crippen LogP contribution in [0.4, 0.5) is 0 Å². The topological polar surface area (TPSA) is 363 Å². The summed E-state index contributed by atoms with van der Waals surface area (Å²) in [5.74, 6) is -6.60. The van der Waals surface area contributed by atoms with Gasteiger partial charge in [0.25, 0.3) is 0 Å². The van der Waals surface area contributed by atoms with Gasteiger partial charge in [-0.3, -0.25) is 43.3 Å². The van der Waals surface area contributed by atoms with Crippen molar-refractivity contribution >= 4 is 53.2 Å². The van der Waals surface area contributed by atoms with E-state index in [1.165, 1.54) is 29.6 Å². The van der Waals surface area contributed by atoms with Crippen LogP contribution in [0.1, 0.15) is 91.3 Å². The largest absolute Gasteiger partial charge is 0.508 e. The molecule has 0 bridgehead atoms. The molecular weight excluding hydrogens is 893 g/mol. The molecule has 0 saturated carbocycles. The molecule has 2 heterocycles. The molecule has 382 valence electrons. The molecule has 1 fully saturated rings. The van der Waals surface area contributed by atoms with Gasteiger partial charge < -0.3 is 69.4 Å². The Hall–Kier alpha value is -6.78. The van der Waals surface area contributed by atoms with Crippen LogP contribution in [0.15, 0.2) is 41.8 Å². The highest BCUT2D eigenvalue weighted by atomic mass is 16.3. The standard InChI is InChI=1S/C46H74N14O9/c1-8-26(5)37(39(47)63)58-42(66)34-13-11-19-60(34)45(69)33(21-29-22-51-24-53-29)56-44(68)38(27(6)9-2)59-41(65)32(20-28-14-16-30(61)17-15-28)55-43(67)36(25(3)4)57-40(64)31(54-35(62)23-50-7)12-10-18-52-46(48)49/h14-17,22,24-27,31-34,36-38,50,61H,8-13,18-21,23H2,1-7H3,(H2,47,63)(H,51,53)(H,54,62)(H,55,67)(H,56,68)(H,57,64)(H,58,66)(H,59,65)(H4,48,49,52)/t26-,27-,31-,32-,33-,34-,36-,37-,38-/m0/s1. The highest BCUT2D eigenvalue weighted by Crippen LogP contribution is 2.22. The second-order valence-electron chi connectivity index (χ2n) is 17.9. The number of rotatable bonds is 28. The van der Waals surface area contributed by atoms with Gasteiger partial charge >= 0.3 is 0 Å². The van der Waals surface area contributed by atoms with Crippen LogP contribution in [0.3, 0.4) is 0 Å². The summed E-state index contributed by atoms with van der Waals surface area (Å²) in [6.45, 7) is 10.9. The second kappa shape index (κ2) is 27.9. The van der Waals surface area contributed by atoms with Crippen molar-refractivity contribution in [3.63, 3.8) is 0 Å². The summed E-state index contributed by atoms with van der Waals surface area (Å²) in [5, 5.41) is 29.2. The van der Waals surface area contributed by atoms with Crippen molar-refractivity contribution in [2.75, 3.05) is 26.7 Å². The summed E-state index contributed by atoms with van der Waals surface area (Å²) in [6, 6.07) is -2.02. The SMILES string of the molecule is CC[C@H](C)[C@H](NC(=O)[C@@H]1CCCN1C(=O)[C@H](Cc1cnc[nH]1)NC(=O)[C@@H](NC(=O)[C@H](Cc1ccc(O)cc1)NC(=O)[C@@H](NC(=O)[C@H](CCCN=C(N)N)NC(=O)CNC)C(C)C)[C@@H](C)CC)C(N)=O. The average Bonchev–Trinajstić information content (AvgIpc) is 4.02. The Kier molecular flexibility index (Phi) is 22.9. The van der Waals surface area contributed by atoms with E-state index in [-0.39, 0.29) is 56.5 Å². The summed E-state index contributed by atoms with van der Waals surface area (Å²) in [4.78, 5) is 122. The van der Waals surface area contributed by atoms with Crippen molar-refractivity contribution in [1.29, 1.82) is 0 Å². The quantitative estimate of drug-likeness (QED) is 0.0258. The Morgan fingerprint density at radius 2 is 1.39 bits per heavy atom. The number of benzene rings is 1. The second-order valence-corrected chi connectivity index (χ2v) is 17.9. The normalized spacial score (nSPS) is 16.9. The zero-order valence-corrected chi connectivity index (χ0v) is 40.8. The summed E-state index contributed by atoms with van der Waals surface area (Å²) in [5.41, 5.74) is 17.6. The molecule has 69 heavy (non-hydrogen) atoms. The minimum Gasteiger partial charge on any atom is -0.508 e. The van der Waals surface area contributed by atoms with E-state index in [2.05, 4.69) is 52.2 Å². The number of phenols is 1. The smallest absolute Gasteiger partial charge is 0.246 e. The van der Waals surface area contributed by atoms with Crippen molar-refractivity contribution in [3.8, 4) is 5.75 Å². The number of nitrogens with zero attached hydrogens (tertiary/aromatic N) is 3. The van der Waals surface area contributed by atoms with Gasteiger partial charge in [-0.25, -0.2) is 4.98 Å². The number of amides is 8. The van der Waals surface area contributed by atoms with E-state index in [0.29, 0.717) is 43.4 Å². The number of aromatic nitrogens is 2. The average molecular weight is 967 g/mol. The predicted octanol–water partition coefficient (Wildman–Crippen LogP) is -1.69. The Bertz CT molecular complexity index is 2060. The van der Waals surface area contributed by atoms with Crippen molar-refractivity contribution in [1.82, 2.24) is 52.1 Å². The predicted molar refractivity (Wildman–Crippen MR) is 257 cm³/mol. The third-order valence-electron chi connectivity index (χ3n) is 12.2. The molecule has 15 N–H and O–H groups in total. The highest BCUT2D eigenvalue weighted by molar-refractivity contribution is 5.98. The van der Waals surface area contributed by atoms with Crippen LogP contribution < -0.4 is 54.4 Å². The first-order valence-electron chi connectivity index (χ1n) is 23.6. The maximum absolute atomic E-state index is 14.5. The molecule has 1 saturated heterocycles. The third-order valence-corrected chi connectivity index (χ3v) is 12.2. The molecule has 0 aliphatic carbocycles. The number of H-pyrrole nitrogens is 1. The molecule has 0 spiro atoms. The number of phenolic OH excluding ortho intramolecular Hbond substituents is 1. The number of guanidine groups is 1. The summed E-state index contributed by atoms with van der Waals surface area (Å²) in [7, 11) is 1.57. The minimum absolute atomic E-state index is 0.0319. The van der Waals surface area contributed by atoms with Crippen LogP contribution in [0.5, 0.6) is 5.75 Å². The van der Waals surface area contributed by atoms with Gasteiger partial charge in [-0.15, -0.1) is 0 Å². The number of aliphatic imine (C=N–C) groups is 1. The summed E-state index contributed by atoms with van der Waals surface area (Å²) < 4.78 is 0. The van der Waals surface area contributed by atoms with E-state index in [0.717, 1.165) is 0 Å². The third kappa shape index (κ3) is 17.7. The molecule has 1 aliphatic rings. The number of carbonyl (C=O) groups is 8. The maximum Gasteiger partial charge on any atom is 0.246 e. The lowest BCUT2D eigenvalue weighted by Gasteiger charge is -2.32. The van der Waals surface area contributed by atoms with Crippen molar-refractivity contribution in [2.45, 2.75) is 135 Å². The number of hydrogen-bond donors (Lipinski definition) is 12. The minimum atomic E-state index is -1.34. The number of hydrogen-bond acceptors (Lipinski definition) is 12. The van der Waals surface area contributed by atoms with Crippen LogP contribution >= 0.6 is 0 Å². The van der Waals surface area contributed by atoms with Crippen molar-refractivity contribution in [3.05, 3.63) is 48.0 Å². The fraction of sp³-hybridized carbons (Fsp3) is 0.609. The molecule has 3 rings (SSSR count). The van der Waals surface area contributed by atoms with E-state index >= 15 is 0 Å². The van der Waals surface area contributed by atoms with Gasteiger partial charge in [0.05, 0.1) is 12.9 Å². The van der Waals surface area contributed by atoms with Gasteiger partial charge in [-0.05, 0) is 68.2 Å². The number of likely N-dealkylation sites (N-methyl/N-ethyl adjacent to an activating group) is 1. The molecule has 1 aromatic heterocycles. The Morgan fingerprint density at radius 3 is 1.97 bits per heavy atom. The molecule has 1 aromatic carbocycles. The number of likely N-dealkylation sites (tertiary alicyclic amines) is 1. The lowest BCUT2D eigenvalue weighted by Crippen LogP contribution is -2.62. The number of carbonyl (C=O) groups excluding carboxylic acids is 8. The van der Waals surface area contributed by atoms with Crippen LogP contribution in [0, 0.1) is 17.8 Å². The lowest BCUT2D eigenvalue weighted by molar-refractivity contribution is -0.142. The summed E-state index contributed by atoms with van der Waals surface area (Å²) in [6.07, 6.45) is 4.97. The molecular formula is C46H74N14O9. The first-order valence-corrected chi connectivity index (χ1v) is 23.6. The molecule has 2 aromatic rings. The Morgan fingerprint density at radius 1 is 0.783 bits per heavy atom. The monoisotopic (exact) mass is 967 g/mol. The first-order chi connectivity index (χ1) is 32.7. The van der Waals surface area contributed by atoms with Gasteiger partial charge in [0.2, 0.25) is 47.3 Å². The number of nitrogens with one attached hydrogen (secondary N) is 8. The molecule has 8 amide bonds. The number of nitrogens with two attached hydrogens (primary N) is 3. The fourth-order valence-corrected chi connectivity index (χ4v) is 7.82. The van der Waals surface area contributed by atoms with E-state index in [1.807, 2.05) is 13.8 Å². The van der Waals surface area contributed by atoms with Gasteiger partial charge in [0.15, 0.2) is 5.96 Å². The zero-order chi connectivity index (χ0) is 51.4. The van der Waals surface area contributed by atoms with E-state index in [9.17, 15) is 43.5 Å². The van der Waals surface area contributed by atoms with E-state index in [4.69, 9.17) is 17.2 Å². The van der Waals surface area contributed by atoms with Gasteiger partial charge in [-0.1, -0.05) is 66.5 Å². The Labute approximate surface area is 403 Å².